The van der Waals surface area contributed by atoms with E-state index >= 15 is 0 Å². The molecule has 1 aliphatic rings. The molecule has 2 rings (SSSR count). The van der Waals surface area contributed by atoms with E-state index in [0.29, 0.717) is 5.56 Å². The number of rotatable bonds is 4. The number of aliphatic carboxylic acids is 1. The second-order valence-corrected chi connectivity index (χ2v) is 5.46. The van der Waals surface area contributed by atoms with E-state index in [1.165, 1.54) is 31.8 Å². The first-order valence-electron chi connectivity index (χ1n) is 7.47. The van der Waals surface area contributed by atoms with Crippen LogP contribution in [0.15, 0.2) is 30.3 Å². The van der Waals surface area contributed by atoms with Crippen molar-refractivity contribution >= 4 is 18.0 Å². The third-order valence-electron chi connectivity index (χ3n) is 3.78. The van der Waals surface area contributed by atoms with E-state index in [4.69, 9.17) is 5.11 Å². The number of hydrogen-bond donors (Lipinski definition) is 2. The molecular weight excluding hydrogens is 266 g/mol. The van der Waals surface area contributed by atoms with Crippen LogP contribution in [0.4, 0.5) is 0 Å². The number of carboxylic acid groups (broad SMARTS) is 1. The maximum Gasteiger partial charge on any atom is 0.328 e. The molecule has 0 spiro atoms. The van der Waals surface area contributed by atoms with Gasteiger partial charge in [0.1, 0.15) is 0 Å². The van der Waals surface area contributed by atoms with Crippen LogP contribution in [0.25, 0.3) is 6.08 Å². The molecule has 0 saturated heterocycles. The lowest BCUT2D eigenvalue weighted by Crippen LogP contribution is -2.34. The SMILES string of the molecule is O=C(O)C=Cc1ccc(C(=O)NC2CCCCCC2)cc1. The van der Waals surface area contributed by atoms with Crippen LogP contribution in [-0.4, -0.2) is 23.0 Å². The standard InChI is InChI=1S/C17H21NO3/c19-16(20)12-9-13-7-10-14(11-8-13)17(21)18-15-5-3-1-2-4-6-15/h7-12,15H,1-6H2,(H,18,21)(H,19,20). The summed E-state index contributed by atoms with van der Waals surface area (Å²) in [6.07, 6.45) is 9.61. The van der Waals surface area contributed by atoms with Crippen LogP contribution >= 0.6 is 0 Å². The smallest absolute Gasteiger partial charge is 0.328 e. The molecule has 0 aliphatic heterocycles. The molecule has 4 heteroatoms. The monoisotopic (exact) mass is 287 g/mol. The van der Waals surface area contributed by atoms with Crippen molar-refractivity contribution < 1.29 is 14.7 Å². The molecule has 112 valence electrons. The van der Waals surface area contributed by atoms with Gasteiger partial charge in [0.15, 0.2) is 0 Å². The molecule has 1 saturated carbocycles. The van der Waals surface area contributed by atoms with Gasteiger partial charge in [0.25, 0.3) is 5.91 Å². The van der Waals surface area contributed by atoms with E-state index in [-0.39, 0.29) is 11.9 Å². The van der Waals surface area contributed by atoms with Gasteiger partial charge in [0, 0.05) is 17.7 Å². The minimum absolute atomic E-state index is 0.0457. The van der Waals surface area contributed by atoms with Crippen LogP contribution in [0.2, 0.25) is 0 Å². The number of hydrogen-bond acceptors (Lipinski definition) is 2. The van der Waals surface area contributed by atoms with Gasteiger partial charge in [-0.25, -0.2) is 4.79 Å². The van der Waals surface area contributed by atoms with Crippen molar-refractivity contribution in [2.75, 3.05) is 0 Å². The summed E-state index contributed by atoms with van der Waals surface area (Å²) in [7, 11) is 0. The Morgan fingerprint density at radius 3 is 2.24 bits per heavy atom. The van der Waals surface area contributed by atoms with Gasteiger partial charge in [-0.05, 0) is 36.6 Å². The molecule has 0 bridgehead atoms. The van der Waals surface area contributed by atoms with Gasteiger partial charge in [-0.1, -0.05) is 37.8 Å². The minimum Gasteiger partial charge on any atom is -0.478 e. The summed E-state index contributed by atoms with van der Waals surface area (Å²) in [6, 6.07) is 7.25. The van der Waals surface area contributed by atoms with Crippen LogP contribution in [0.3, 0.4) is 0 Å². The molecule has 0 unspecified atom stereocenters. The Morgan fingerprint density at radius 1 is 1.05 bits per heavy atom. The maximum absolute atomic E-state index is 12.2. The van der Waals surface area contributed by atoms with Crippen molar-refractivity contribution in [3.05, 3.63) is 41.5 Å². The van der Waals surface area contributed by atoms with E-state index < -0.39 is 5.97 Å². The van der Waals surface area contributed by atoms with Crippen LogP contribution < -0.4 is 5.32 Å². The fourth-order valence-corrected chi connectivity index (χ4v) is 2.61. The highest BCUT2D eigenvalue weighted by atomic mass is 16.4. The molecule has 1 aliphatic carbocycles. The van der Waals surface area contributed by atoms with Gasteiger partial charge in [-0.15, -0.1) is 0 Å². The lowest BCUT2D eigenvalue weighted by atomic mass is 10.1. The number of amides is 1. The number of carbonyl (C=O) groups is 2. The summed E-state index contributed by atoms with van der Waals surface area (Å²) >= 11 is 0. The number of carbonyl (C=O) groups excluding carboxylic acids is 1. The first-order valence-corrected chi connectivity index (χ1v) is 7.47. The predicted octanol–water partition coefficient (Wildman–Crippen LogP) is 3.24. The molecule has 0 heterocycles. The van der Waals surface area contributed by atoms with Crippen LogP contribution in [-0.2, 0) is 4.79 Å². The van der Waals surface area contributed by atoms with Gasteiger partial charge in [0.2, 0.25) is 0 Å². The van der Waals surface area contributed by atoms with Crippen molar-refractivity contribution in [3.63, 3.8) is 0 Å². The van der Waals surface area contributed by atoms with E-state index in [9.17, 15) is 9.59 Å². The molecular formula is C17H21NO3. The topological polar surface area (TPSA) is 66.4 Å². The molecule has 0 atom stereocenters. The summed E-state index contributed by atoms with van der Waals surface area (Å²) in [5.41, 5.74) is 1.38. The van der Waals surface area contributed by atoms with Gasteiger partial charge in [0.05, 0.1) is 0 Å². The lowest BCUT2D eigenvalue weighted by Gasteiger charge is -2.16. The van der Waals surface area contributed by atoms with Crippen molar-refractivity contribution in [3.8, 4) is 0 Å². The van der Waals surface area contributed by atoms with E-state index in [0.717, 1.165) is 24.5 Å². The first-order chi connectivity index (χ1) is 10.1. The fraction of sp³-hybridized carbons (Fsp3) is 0.412. The molecule has 1 aromatic rings. The Morgan fingerprint density at radius 2 is 1.67 bits per heavy atom. The second-order valence-electron chi connectivity index (χ2n) is 5.46. The molecule has 1 amide bonds. The third kappa shape index (κ3) is 5.06. The summed E-state index contributed by atoms with van der Waals surface area (Å²) < 4.78 is 0. The van der Waals surface area contributed by atoms with E-state index in [1.807, 2.05) is 0 Å². The molecule has 2 N–H and O–H groups in total. The maximum atomic E-state index is 12.2. The van der Waals surface area contributed by atoms with Gasteiger partial charge < -0.3 is 10.4 Å². The summed E-state index contributed by atoms with van der Waals surface area (Å²) in [6.45, 7) is 0. The van der Waals surface area contributed by atoms with Crippen molar-refractivity contribution in [2.24, 2.45) is 0 Å². The third-order valence-corrected chi connectivity index (χ3v) is 3.78. The molecule has 1 aromatic carbocycles. The zero-order chi connectivity index (χ0) is 15.1. The lowest BCUT2D eigenvalue weighted by molar-refractivity contribution is -0.131. The van der Waals surface area contributed by atoms with E-state index in [1.54, 1.807) is 24.3 Å². The van der Waals surface area contributed by atoms with Crippen LogP contribution in [0, 0.1) is 0 Å². The Bertz CT molecular complexity index is 511. The summed E-state index contributed by atoms with van der Waals surface area (Å²) in [5, 5.41) is 11.7. The fourth-order valence-electron chi connectivity index (χ4n) is 2.61. The predicted molar refractivity (Wildman–Crippen MR) is 82.1 cm³/mol. The zero-order valence-corrected chi connectivity index (χ0v) is 12.0. The van der Waals surface area contributed by atoms with Crippen molar-refractivity contribution in [1.29, 1.82) is 0 Å². The quantitative estimate of drug-likeness (QED) is 0.660. The molecule has 0 radical (unpaired) electrons. The zero-order valence-electron chi connectivity index (χ0n) is 12.0. The van der Waals surface area contributed by atoms with Gasteiger partial charge in [-0.2, -0.15) is 0 Å². The molecule has 21 heavy (non-hydrogen) atoms. The Kier molecular flexibility index (Phi) is 5.55. The van der Waals surface area contributed by atoms with Crippen molar-refractivity contribution in [2.45, 2.75) is 44.6 Å². The number of nitrogens with one attached hydrogen (secondary N) is 1. The highest BCUT2D eigenvalue weighted by molar-refractivity contribution is 5.94. The Hall–Kier alpha value is -2.10. The largest absolute Gasteiger partial charge is 0.478 e. The minimum atomic E-state index is -0.981. The average molecular weight is 287 g/mol. The Labute approximate surface area is 124 Å². The van der Waals surface area contributed by atoms with Crippen molar-refractivity contribution in [1.82, 2.24) is 5.32 Å². The van der Waals surface area contributed by atoms with Crippen LogP contribution in [0.5, 0.6) is 0 Å². The number of benzene rings is 1. The molecule has 4 nitrogen and oxygen atoms in total. The number of carboxylic acids is 1. The van der Waals surface area contributed by atoms with Crippen LogP contribution in [0.1, 0.15) is 54.4 Å². The normalized spacial score (nSPS) is 16.6. The molecule has 0 aromatic heterocycles. The molecule has 1 fully saturated rings. The highest BCUT2D eigenvalue weighted by Gasteiger charge is 2.15. The summed E-state index contributed by atoms with van der Waals surface area (Å²) in [5.74, 6) is -1.03. The second kappa shape index (κ2) is 7.62. The first kappa shape index (κ1) is 15.3. The highest BCUT2D eigenvalue weighted by Crippen LogP contribution is 2.17. The average Bonchev–Trinajstić information content (AvgIpc) is 2.74. The van der Waals surface area contributed by atoms with Gasteiger partial charge >= 0.3 is 5.97 Å². The summed E-state index contributed by atoms with van der Waals surface area (Å²) in [4.78, 5) is 22.6. The van der Waals surface area contributed by atoms with Gasteiger partial charge in [-0.3, -0.25) is 4.79 Å². The Balaban J connectivity index is 1.94. The van der Waals surface area contributed by atoms with E-state index in [2.05, 4.69) is 5.32 Å².